The van der Waals surface area contributed by atoms with Crippen LogP contribution >= 0.6 is 0 Å². The maximum Gasteiger partial charge on any atom is 0.111 e. The zero-order valence-electron chi connectivity index (χ0n) is 11.7. The fourth-order valence-corrected chi connectivity index (χ4v) is 2.47. The molecule has 20 heavy (non-hydrogen) atoms. The van der Waals surface area contributed by atoms with Gasteiger partial charge in [0.15, 0.2) is 0 Å². The van der Waals surface area contributed by atoms with Gasteiger partial charge in [0.2, 0.25) is 0 Å². The highest BCUT2D eigenvalue weighted by Gasteiger charge is 2.13. The second kappa shape index (κ2) is 5.06. The summed E-state index contributed by atoms with van der Waals surface area (Å²) in [5.74, 6) is 1.00. The Morgan fingerprint density at radius 1 is 1.25 bits per heavy atom. The summed E-state index contributed by atoms with van der Waals surface area (Å²) in [7, 11) is 2.03. The van der Waals surface area contributed by atoms with Gasteiger partial charge in [-0.2, -0.15) is 0 Å². The third kappa shape index (κ3) is 2.30. The van der Waals surface area contributed by atoms with E-state index in [1.165, 1.54) is 0 Å². The van der Waals surface area contributed by atoms with Crippen molar-refractivity contribution in [3.05, 3.63) is 59.7 Å². The first-order valence-corrected chi connectivity index (χ1v) is 6.72. The van der Waals surface area contributed by atoms with Crippen LogP contribution in [0.3, 0.4) is 0 Å². The minimum Gasteiger partial charge on any atom is -0.331 e. The molecule has 102 valence electrons. The molecule has 0 aliphatic rings. The number of rotatable bonds is 3. The van der Waals surface area contributed by atoms with E-state index in [4.69, 9.17) is 5.73 Å². The van der Waals surface area contributed by atoms with Gasteiger partial charge in [0.25, 0.3) is 0 Å². The zero-order chi connectivity index (χ0) is 14.1. The van der Waals surface area contributed by atoms with Gasteiger partial charge in [-0.1, -0.05) is 18.2 Å². The van der Waals surface area contributed by atoms with Crippen molar-refractivity contribution >= 4 is 11.0 Å². The van der Waals surface area contributed by atoms with Crippen molar-refractivity contribution in [2.24, 2.45) is 12.8 Å². The lowest BCUT2D eigenvalue weighted by molar-refractivity contribution is 0.662. The normalized spacial score (nSPS) is 12.8. The third-order valence-electron chi connectivity index (χ3n) is 3.61. The first-order chi connectivity index (χ1) is 9.65. The van der Waals surface area contributed by atoms with Crippen molar-refractivity contribution in [2.75, 3.05) is 0 Å². The summed E-state index contributed by atoms with van der Waals surface area (Å²) < 4.78 is 2.11. The Bertz CT molecular complexity index is 745. The highest BCUT2D eigenvalue weighted by Crippen LogP contribution is 2.19. The Balaban J connectivity index is 1.91. The maximum atomic E-state index is 6.29. The van der Waals surface area contributed by atoms with Gasteiger partial charge in [0.05, 0.1) is 11.0 Å². The number of pyridine rings is 1. The van der Waals surface area contributed by atoms with Crippen molar-refractivity contribution < 1.29 is 0 Å². The molecule has 2 aromatic heterocycles. The van der Waals surface area contributed by atoms with Crippen LogP contribution < -0.4 is 5.73 Å². The van der Waals surface area contributed by atoms with Gasteiger partial charge in [-0.25, -0.2) is 4.98 Å². The van der Waals surface area contributed by atoms with E-state index in [9.17, 15) is 0 Å². The Morgan fingerprint density at radius 3 is 2.80 bits per heavy atom. The van der Waals surface area contributed by atoms with Gasteiger partial charge in [-0.15, -0.1) is 0 Å². The number of hydrogen-bond donors (Lipinski definition) is 1. The van der Waals surface area contributed by atoms with Crippen molar-refractivity contribution in [1.82, 2.24) is 14.5 Å². The Hall–Kier alpha value is -2.20. The highest BCUT2D eigenvalue weighted by atomic mass is 15.1. The molecular weight excluding hydrogens is 248 g/mol. The molecule has 0 saturated heterocycles. The monoisotopic (exact) mass is 266 g/mol. The van der Waals surface area contributed by atoms with Crippen LogP contribution in [-0.4, -0.2) is 14.5 Å². The van der Waals surface area contributed by atoms with Gasteiger partial charge in [-0.3, -0.25) is 4.98 Å². The number of aromatic nitrogens is 3. The SMILES string of the molecule is Cc1cncc(C(N)Cc2nc3ccccc3n2C)c1. The molecule has 2 heterocycles. The first-order valence-electron chi connectivity index (χ1n) is 6.72. The summed E-state index contributed by atoms with van der Waals surface area (Å²) in [5, 5.41) is 0. The summed E-state index contributed by atoms with van der Waals surface area (Å²) in [5.41, 5.74) is 10.6. The van der Waals surface area contributed by atoms with Crippen LogP contribution in [0.15, 0.2) is 42.7 Å². The van der Waals surface area contributed by atoms with Crippen LogP contribution in [-0.2, 0) is 13.5 Å². The van der Waals surface area contributed by atoms with Crippen LogP contribution in [0, 0.1) is 6.92 Å². The lowest BCUT2D eigenvalue weighted by Gasteiger charge is -2.12. The van der Waals surface area contributed by atoms with E-state index in [1.54, 1.807) is 0 Å². The van der Waals surface area contributed by atoms with Crippen molar-refractivity contribution in [3.63, 3.8) is 0 Å². The molecule has 0 spiro atoms. The number of para-hydroxylation sites is 2. The summed E-state index contributed by atoms with van der Waals surface area (Å²) >= 11 is 0. The van der Waals surface area contributed by atoms with Crippen LogP contribution in [0.4, 0.5) is 0 Å². The van der Waals surface area contributed by atoms with Gasteiger partial charge in [-0.05, 0) is 30.2 Å². The minimum atomic E-state index is -0.0853. The molecular formula is C16H18N4. The van der Waals surface area contributed by atoms with Gasteiger partial charge >= 0.3 is 0 Å². The second-order valence-corrected chi connectivity index (χ2v) is 5.18. The lowest BCUT2D eigenvalue weighted by Crippen LogP contribution is -2.16. The van der Waals surface area contributed by atoms with Crippen LogP contribution in [0.1, 0.15) is 23.0 Å². The van der Waals surface area contributed by atoms with Gasteiger partial charge < -0.3 is 10.3 Å². The molecule has 1 aromatic carbocycles. The molecule has 0 aliphatic carbocycles. The minimum absolute atomic E-state index is 0.0853. The number of imidazole rings is 1. The van der Waals surface area contributed by atoms with Gasteiger partial charge in [0, 0.05) is 31.9 Å². The molecule has 3 aromatic rings. The molecule has 0 fully saturated rings. The number of aryl methyl sites for hydroxylation is 2. The topological polar surface area (TPSA) is 56.7 Å². The molecule has 0 bridgehead atoms. The zero-order valence-corrected chi connectivity index (χ0v) is 11.7. The van der Waals surface area contributed by atoms with Crippen molar-refractivity contribution in [3.8, 4) is 0 Å². The molecule has 2 N–H and O–H groups in total. The molecule has 0 aliphatic heterocycles. The highest BCUT2D eigenvalue weighted by molar-refractivity contribution is 5.75. The Labute approximate surface area is 118 Å². The Morgan fingerprint density at radius 2 is 2.05 bits per heavy atom. The molecule has 0 amide bonds. The fourth-order valence-electron chi connectivity index (χ4n) is 2.47. The summed E-state index contributed by atoms with van der Waals surface area (Å²) in [6, 6.07) is 10.1. The number of nitrogens with two attached hydrogens (primary N) is 1. The Kier molecular flexibility index (Phi) is 3.24. The average molecular weight is 266 g/mol. The number of benzene rings is 1. The number of fused-ring (bicyclic) bond motifs is 1. The van der Waals surface area contributed by atoms with Crippen molar-refractivity contribution in [1.29, 1.82) is 0 Å². The molecule has 0 saturated carbocycles. The standard InChI is InChI=1S/C16H18N4/c1-11-7-12(10-18-9-11)13(17)8-16-19-14-5-3-4-6-15(14)20(16)2/h3-7,9-10,13H,8,17H2,1-2H3. The molecule has 1 unspecified atom stereocenters. The first kappa shape index (κ1) is 12.8. The molecule has 4 heteroatoms. The largest absolute Gasteiger partial charge is 0.331 e. The lowest BCUT2D eigenvalue weighted by atomic mass is 10.1. The van der Waals surface area contributed by atoms with E-state index in [2.05, 4.69) is 26.7 Å². The van der Waals surface area contributed by atoms with E-state index in [-0.39, 0.29) is 6.04 Å². The fraction of sp³-hybridized carbons (Fsp3) is 0.250. The van der Waals surface area contributed by atoms with Crippen LogP contribution in [0.25, 0.3) is 11.0 Å². The molecule has 1 atom stereocenters. The quantitative estimate of drug-likeness (QED) is 0.792. The molecule has 4 nitrogen and oxygen atoms in total. The molecule has 3 rings (SSSR count). The maximum absolute atomic E-state index is 6.29. The number of nitrogens with zero attached hydrogens (tertiary/aromatic N) is 3. The second-order valence-electron chi connectivity index (χ2n) is 5.18. The average Bonchev–Trinajstić information content (AvgIpc) is 2.76. The summed E-state index contributed by atoms with van der Waals surface area (Å²) in [6.45, 7) is 2.03. The summed E-state index contributed by atoms with van der Waals surface area (Å²) in [6.07, 6.45) is 4.38. The number of hydrogen-bond acceptors (Lipinski definition) is 3. The van der Waals surface area contributed by atoms with Crippen LogP contribution in [0.5, 0.6) is 0 Å². The van der Waals surface area contributed by atoms with Crippen LogP contribution in [0.2, 0.25) is 0 Å². The van der Waals surface area contributed by atoms with E-state index < -0.39 is 0 Å². The predicted molar refractivity (Wildman–Crippen MR) is 80.3 cm³/mol. The van der Waals surface area contributed by atoms with E-state index in [0.29, 0.717) is 6.42 Å². The summed E-state index contributed by atoms with van der Waals surface area (Å²) in [4.78, 5) is 8.87. The van der Waals surface area contributed by atoms with Gasteiger partial charge in [0.1, 0.15) is 5.82 Å². The van der Waals surface area contributed by atoms with E-state index in [0.717, 1.165) is 28.0 Å². The predicted octanol–water partition coefficient (Wildman–Crippen LogP) is 2.52. The smallest absolute Gasteiger partial charge is 0.111 e. The third-order valence-corrected chi connectivity index (χ3v) is 3.61. The van der Waals surface area contributed by atoms with Crippen molar-refractivity contribution in [2.45, 2.75) is 19.4 Å². The van der Waals surface area contributed by atoms with E-state index in [1.807, 2.05) is 44.6 Å². The molecule has 0 radical (unpaired) electrons. The van der Waals surface area contributed by atoms with E-state index >= 15 is 0 Å².